The van der Waals surface area contributed by atoms with Crippen LogP contribution in [0.2, 0.25) is 0 Å². The predicted molar refractivity (Wildman–Crippen MR) is 73.2 cm³/mol. The van der Waals surface area contributed by atoms with Crippen molar-refractivity contribution in [1.29, 1.82) is 0 Å². The van der Waals surface area contributed by atoms with Crippen molar-refractivity contribution in [1.82, 2.24) is 4.72 Å². The Morgan fingerprint density at radius 1 is 1.47 bits per heavy atom. The molecule has 0 saturated carbocycles. The summed E-state index contributed by atoms with van der Waals surface area (Å²) < 4.78 is 32.7. The summed E-state index contributed by atoms with van der Waals surface area (Å²) in [6, 6.07) is 5.01. The van der Waals surface area contributed by atoms with Crippen molar-refractivity contribution in [3.05, 3.63) is 29.3 Å². The molecule has 1 aromatic carbocycles. The first kappa shape index (κ1) is 14.5. The average Bonchev–Trinajstić information content (AvgIpc) is 2.74. The summed E-state index contributed by atoms with van der Waals surface area (Å²) in [6.45, 7) is 5.13. The van der Waals surface area contributed by atoms with Crippen LogP contribution in [0.15, 0.2) is 23.1 Å². The van der Waals surface area contributed by atoms with E-state index in [0.717, 1.165) is 11.1 Å². The second-order valence-electron chi connectivity index (χ2n) is 5.26. The normalized spacial score (nSPS) is 23.7. The molecule has 106 valence electrons. The Morgan fingerprint density at radius 2 is 2.21 bits per heavy atom. The van der Waals surface area contributed by atoms with Gasteiger partial charge in [-0.3, -0.25) is 0 Å². The summed E-state index contributed by atoms with van der Waals surface area (Å²) in [4.78, 5) is 0.273. The standard InChI is InChI=1S/C13H20N2O3S/c1-10-7-12(4-3-11(10)8-14)19(16,17)15-13(2)5-6-18-9-13/h3-4,7,15H,5-6,8-9,14H2,1-2H3. The Hall–Kier alpha value is -0.950. The van der Waals surface area contributed by atoms with E-state index in [9.17, 15) is 8.42 Å². The van der Waals surface area contributed by atoms with Crippen molar-refractivity contribution in [3.8, 4) is 0 Å². The molecule has 1 fully saturated rings. The van der Waals surface area contributed by atoms with Crippen LogP contribution in [0, 0.1) is 6.92 Å². The van der Waals surface area contributed by atoms with Crippen molar-refractivity contribution < 1.29 is 13.2 Å². The first-order valence-electron chi connectivity index (χ1n) is 6.28. The van der Waals surface area contributed by atoms with Gasteiger partial charge >= 0.3 is 0 Å². The lowest BCUT2D eigenvalue weighted by molar-refractivity contribution is 0.178. The van der Waals surface area contributed by atoms with Crippen LogP contribution in [0.4, 0.5) is 0 Å². The lowest BCUT2D eigenvalue weighted by Gasteiger charge is -2.23. The molecule has 0 bridgehead atoms. The van der Waals surface area contributed by atoms with Crippen molar-refractivity contribution in [2.75, 3.05) is 13.2 Å². The van der Waals surface area contributed by atoms with Crippen LogP contribution in [-0.2, 0) is 21.3 Å². The van der Waals surface area contributed by atoms with Gasteiger partial charge in [-0.2, -0.15) is 0 Å². The summed E-state index contributed by atoms with van der Waals surface area (Å²) >= 11 is 0. The number of nitrogens with one attached hydrogen (secondary N) is 1. The van der Waals surface area contributed by atoms with Gasteiger partial charge < -0.3 is 10.5 Å². The van der Waals surface area contributed by atoms with Gasteiger partial charge in [0.1, 0.15) is 0 Å². The van der Waals surface area contributed by atoms with Crippen LogP contribution < -0.4 is 10.5 Å². The molecule has 6 heteroatoms. The molecule has 0 spiro atoms. The largest absolute Gasteiger partial charge is 0.379 e. The van der Waals surface area contributed by atoms with Gasteiger partial charge in [0, 0.05) is 13.2 Å². The third kappa shape index (κ3) is 3.14. The Balaban J connectivity index is 2.27. The maximum absolute atomic E-state index is 12.3. The highest BCUT2D eigenvalue weighted by molar-refractivity contribution is 7.89. The van der Waals surface area contributed by atoms with Crippen molar-refractivity contribution in [2.24, 2.45) is 5.73 Å². The highest BCUT2D eigenvalue weighted by atomic mass is 32.2. The predicted octanol–water partition coefficient (Wildman–Crippen LogP) is 0.911. The molecular weight excluding hydrogens is 264 g/mol. The smallest absolute Gasteiger partial charge is 0.241 e. The molecule has 1 aliphatic heterocycles. The monoisotopic (exact) mass is 284 g/mol. The zero-order valence-corrected chi connectivity index (χ0v) is 12.1. The Labute approximate surface area is 114 Å². The number of sulfonamides is 1. The van der Waals surface area contributed by atoms with Gasteiger partial charge in [0.05, 0.1) is 17.0 Å². The first-order valence-corrected chi connectivity index (χ1v) is 7.76. The fraction of sp³-hybridized carbons (Fsp3) is 0.538. The van der Waals surface area contributed by atoms with E-state index in [4.69, 9.17) is 10.5 Å². The van der Waals surface area contributed by atoms with E-state index < -0.39 is 15.6 Å². The third-order valence-electron chi connectivity index (χ3n) is 3.44. The summed E-state index contributed by atoms with van der Waals surface area (Å²) in [5, 5.41) is 0. The number of benzene rings is 1. The minimum atomic E-state index is -3.52. The molecule has 1 saturated heterocycles. The Morgan fingerprint density at radius 3 is 2.74 bits per heavy atom. The second kappa shape index (κ2) is 5.20. The van der Waals surface area contributed by atoms with Gasteiger partial charge in [-0.05, 0) is 43.5 Å². The van der Waals surface area contributed by atoms with E-state index in [0.29, 0.717) is 26.2 Å². The van der Waals surface area contributed by atoms with Gasteiger partial charge in [-0.25, -0.2) is 13.1 Å². The molecule has 19 heavy (non-hydrogen) atoms. The lowest BCUT2D eigenvalue weighted by Crippen LogP contribution is -2.46. The topological polar surface area (TPSA) is 81.4 Å². The van der Waals surface area contributed by atoms with E-state index >= 15 is 0 Å². The van der Waals surface area contributed by atoms with E-state index in [2.05, 4.69) is 4.72 Å². The molecule has 1 aromatic rings. The van der Waals surface area contributed by atoms with Crippen LogP contribution in [0.3, 0.4) is 0 Å². The highest BCUT2D eigenvalue weighted by Crippen LogP contribution is 2.22. The molecule has 0 aliphatic carbocycles. The molecule has 0 radical (unpaired) electrons. The SMILES string of the molecule is Cc1cc(S(=O)(=O)NC2(C)CCOC2)ccc1CN. The molecule has 1 unspecified atom stereocenters. The molecule has 1 atom stereocenters. The number of hydrogen-bond donors (Lipinski definition) is 2. The van der Waals surface area contributed by atoms with Gasteiger partial charge in [-0.1, -0.05) is 6.07 Å². The van der Waals surface area contributed by atoms with E-state index in [1.807, 2.05) is 13.8 Å². The molecular formula is C13H20N2O3S. The minimum absolute atomic E-state index is 0.273. The van der Waals surface area contributed by atoms with Gasteiger partial charge in [0.25, 0.3) is 0 Å². The zero-order chi connectivity index (χ0) is 14.1. The van der Waals surface area contributed by atoms with Crippen LogP contribution in [0.5, 0.6) is 0 Å². The molecule has 0 aromatic heterocycles. The van der Waals surface area contributed by atoms with Crippen LogP contribution >= 0.6 is 0 Å². The third-order valence-corrected chi connectivity index (χ3v) is 5.08. The highest BCUT2D eigenvalue weighted by Gasteiger charge is 2.34. The number of hydrogen-bond acceptors (Lipinski definition) is 4. The first-order chi connectivity index (χ1) is 8.86. The minimum Gasteiger partial charge on any atom is -0.379 e. The summed E-state index contributed by atoms with van der Waals surface area (Å²) in [5.74, 6) is 0. The second-order valence-corrected chi connectivity index (χ2v) is 6.94. The maximum Gasteiger partial charge on any atom is 0.241 e. The fourth-order valence-electron chi connectivity index (χ4n) is 2.20. The van der Waals surface area contributed by atoms with Crippen molar-refractivity contribution >= 4 is 10.0 Å². The van der Waals surface area contributed by atoms with Crippen molar-refractivity contribution in [3.63, 3.8) is 0 Å². The molecule has 5 nitrogen and oxygen atoms in total. The number of aryl methyl sites for hydroxylation is 1. The van der Waals surface area contributed by atoms with Crippen LogP contribution in [0.1, 0.15) is 24.5 Å². The van der Waals surface area contributed by atoms with Crippen LogP contribution in [-0.4, -0.2) is 27.2 Å². The zero-order valence-electron chi connectivity index (χ0n) is 11.3. The number of rotatable bonds is 4. The van der Waals surface area contributed by atoms with E-state index in [1.54, 1.807) is 18.2 Å². The lowest BCUT2D eigenvalue weighted by atomic mass is 10.0. The number of nitrogens with two attached hydrogens (primary N) is 1. The Bertz CT molecular complexity index is 563. The quantitative estimate of drug-likeness (QED) is 0.861. The van der Waals surface area contributed by atoms with Gasteiger partial charge in [0.2, 0.25) is 10.0 Å². The van der Waals surface area contributed by atoms with Crippen LogP contribution in [0.25, 0.3) is 0 Å². The van der Waals surface area contributed by atoms with Gasteiger partial charge in [0.15, 0.2) is 0 Å². The molecule has 1 aliphatic rings. The number of ether oxygens (including phenoxy) is 1. The molecule has 3 N–H and O–H groups in total. The summed E-state index contributed by atoms with van der Waals surface area (Å²) in [6.07, 6.45) is 0.687. The Kier molecular flexibility index (Phi) is 3.96. The average molecular weight is 284 g/mol. The maximum atomic E-state index is 12.3. The van der Waals surface area contributed by atoms with E-state index in [1.165, 1.54) is 0 Å². The van der Waals surface area contributed by atoms with Gasteiger partial charge in [-0.15, -0.1) is 0 Å². The summed E-state index contributed by atoms with van der Waals surface area (Å²) in [5.41, 5.74) is 6.91. The molecule has 0 amide bonds. The summed E-state index contributed by atoms with van der Waals surface area (Å²) in [7, 11) is -3.52. The fourth-order valence-corrected chi connectivity index (χ4v) is 3.70. The molecule has 2 rings (SSSR count). The molecule has 1 heterocycles. The van der Waals surface area contributed by atoms with E-state index in [-0.39, 0.29) is 4.90 Å². The van der Waals surface area contributed by atoms with Crippen molar-refractivity contribution in [2.45, 2.75) is 37.2 Å².